The van der Waals surface area contributed by atoms with Crippen LogP contribution in [0.4, 0.5) is 5.69 Å². The summed E-state index contributed by atoms with van der Waals surface area (Å²) >= 11 is 0. The summed E-state index contributed by atoms with van der Waals surface area (Å²) in [5, 5.41) is 0. The van der Waals surface area contributed by atoms with E-state index < -0.39 is 0 Å². The minimum atomic E-state index is 0.674. The zero-order valence-corrected chi connectivity index (χ0v) is 28.8. The van der Waals surface area contributed by atoms with Crippen molar-refractivity contribution in [1.82, 2.24) is 14.7 Å². The highest BCUT2D eigenvalue weighted by Crippen LogP contribution is 2.41. The van der Waals surface area contributed by atoms with E-state index in [0.717, 1.165) is 53.9 Å². The molecule has 0 N–H and O–H groups in total. The second-order valence-electron chi connectivity index (χ2n) is 15.7. The lowest BCUT2D eigenvalue weighted by atomic mass is 9.85. The second kappa shape index (κ2) is 14.3. The molecule has 0 bridgehead atoms. The Morgan fingerprint density at radius 3 is 1.76 bits per heavy atom. The van der Waals surface area contributed by atoms with Crippen LogP contribution in [-0.2, 0) is 6.42 Å². The van der Waals surface area contributed by atoms with Crippen molar-refractivity contribution < 1.29 is 0 Å². The smallest absolute Gasteiger partial charge is 0.0399 e. The Morgan fingerprint density at radius 1 is 0.595 bits per heavy atom. The van der Waals surface area contributed by atoms with Crippen LogP contribution in [-0.4, -0.2) is 85.7 Å². The molecule has 4 nitrogen and oxygen atoms in total. The van der Waals surface area contributed by atoms with Gasteiger partial charge in [-0.1, -0.05) is 43.9 Å². The molecule has 238 valence electrons. The van der Waals surface area contributed by atoms with Crippen LogP contribution in [0.3, 0.4) is 0 Å². The topological polar surface area (TPSA) is 13.0 Å². The van der Waals surface area contributed by atoms with Gasteiger partial charge in [0.25, 0.3) is 0 Å². The van der Waals surface area contributed by atoms with E-state index in [0.29, 0.717) is 6.04 Å². The summed E-state index contributed by atoms with van der Waals surface area (Å²) in [6, 6.07) is 13.8. The molecule has 3 saturated carbocycles. The van der Waals surface area contributed by atoms with Crippen molar-refractivity contribution in [2.45, 2.75) is 147 Å². The third-order valence-corrected chi connectivity index (χ3v) is 13.3. The Bertz CT molecular complexity index is 944. The second-order valence-corrected chi connectivity index (χ2v) is 15.7. The zero-order chi connectivity index (χ0) is 30.0. The molecule has 1 aromatic carbocycles. The third kappa shape index (κ3) is 7.07. The first-order valence-electron chi connectivity index (χ1n) is 18.1. The monoisotopic (exact) mass is 579 g/mol. The zero-order valence-electron chi connectivity index (χ0n) is 28.8. The molecule has 3 saturated heterocycles. The molecule has 42 heavy (non-hydrogen) atoms. The number of likely N-dealkylation sites (N-methyl/N-ethyl adjacent to an activating group) is 1. The highest BCUT2D eigenvalue weighted by molar-refractivity contribution is 5.58. The van der Waals surface area contributed by atoms with E-state index >= 15 is 0 Å². The van der Waals surface area contributed by atoms with E-state index in [2.05, 4.69) is 99.8 Å². The maximum atomic E-state index is 2.60. The van der Waals surface area contributed by atoms with Gasteiger partial charge in [0.05, 0.1) is 0 Å². The van der Waals surface area contributed by atoms with Crippen molar-refractivity contribution in [3.8, 4) is 0 Å². The van der Waals surface area contributed by atoms with Crippen LogP contribution >= 0.6 is 0 Å². The Balaban J connectivity index is 0.000000112. The van der Waals surface area contributed by atoms with Crippen LogP contribution in [0.1, 0.15) is 110 Å². The number of nitrogens with zero attached hydrogens (tertiary/aromatic N) is 4. The van der Waals surface area contributed by atoms with E-state index in [1.54, 1.807) is 0 Å². The van der Waals surface area contributed by atoms with E-state index in [1.807, 2.05) is 0 Å². The molecule has 0 amide bonds. The van der Waals surface area contributed by atoms with Gasteiger partial charge in [0.15, 0.2) is 0 Å². The van der Waals surface area contributed by atoms with Crippen molar-refractivity contribution in [3.05, 3.63) is 29.8 Å². The number of rotatable bonds is 0. The number of benzene rings is 1. The van der Waals surface area contributed by atoms with Crippen LogP contribution in [0.5, 0.6) is 0 Å². The fourth-order valence-electron chi connectivity index (χ4n) is 10.2. The Kier molecular flexibility index (Phi) is 11.0. The van der Waals surface area contributed by atoms with Crippen molar-refractivity contribution >= 4 is 5.69 Å². The number of fused-ring (bicyclic) bond motifs is 4. The molecule has 0 radical (unpaired) electrons. The van der Waals surface area contributed by atoms with Gasteiger partial charge in [-0.2, -0.15) is 0 Å². The van der Waals surface area contributed by atoms with Crippen LogP contribution in [0.25, 0.3) is 0 Å². The fraction of sp³-hybridized carbons (Fsp3) is 0.842. The minimum absolute atomic E-state index is 0.674. The minimum Gasteiger partial charge on any atom is -0.371 e. The molecule has 4 heterocycles. The van der Waals surface area contributed by atoms with Crippen molar-refractivity contribution in [2.75, 3.05) is 39.6 Å². The van der Waals surface area contributed by atoms with Crippen LogP contribution in [0.15, 0.2) is 24.3 Å². The molecule has 0 spiro atoms. The fourth-order valence-corrected chi connectivity index (χ4v) is 10.2. The lowest BCUT2D eigenvalue weighted by Gasteiger charge is -2.30. The summed E-state index contributed by atoms with van der Waals surface area (Å²) in [5.41, 5.74) is 2.89. The summed E-state index contributed by atoms with van der Waals surface area (Å²) in [6.07, 6.45) is 19.0. The van der Waals surface area contributed by atoms with E-state index in [9.17, 15) is 0 Å². The predicted octanol–water partition coefficient (Wildman–Crippen LogP) is 7.95. The van der Waals surface area contributed by atoms with Gasteiger partial charge in [0.1, 0.15) is 0 Å². The van der Waals surface area contributed by atoms with Gasteiger partial charge in [0.2, 0.25) is 0 Å². The Labute approximate surface area is 260 Å². The molecule has 0 aromatic heterocycles. The summed E-state index contributed by atoms with van der Waals surface area (Å²) in [4.78, 5) is 10.0. The van der Waals surface area contributed by atoms with Crippen LogP contribution < -0.4 is 4.90 Å². The van der Waals surface area contributed by atoms with Crippen LogP contribution in [0, 0.1) is 23.7 Å². The molecular weight excluding hydrogens is 512 g/mol. The first-order valence-corrected chi connectivity index (χ1v) is 18.1. The molecule has 6 fully saturated rings. The average Bonchev–Trinajstić information content (AvgIpc) is 3.82. The Hall–Kier alpha value is -1.10. The van der Waals surface area contributed by atoms with Gasteiger partial charge in [-0.15, -0.1) is 0 Å². The first kappa shape index (κ1) is 32.3. The summed E-state index contributed by atoms with van der Waals surface area (Å²) in [6.45, 7) is 10.7. The molecule has 4 heteroatoms. The highest BCUT2D eigenvalue weighted by atomic mass is 15.2. The van der Waals surface area contributed by atoms with Gasteiger partial charge in [-0.05, 0) is 142 Å². The normalized spacial score (nSPS) is 40.6. The molecule has 10 atom stereocenters. The maximum absolute atomic E-state index is 2.60. The number of hydrogen-bond acceptors (Lipinski definition) is 4. The summed E-state index contributed by atoms with van der Waals surface area (Å²) in [5.74, 6) is 4.20. The third-order valence-electron chi connectivity index (χ3n) is 13.3. The molecular formula is C38H66N4. The van der Waals surface area contributed by atoms with Crippen molar-refractivity contribution in [2.24, 2.45) is 23.7 Å². The number of anilines is 1. The van der Waals surface area contributed by atoms with Crippen molar-refractivity contribution in [1.29, 1.82) is 0 Å². The molecule has 8 rings (SSSR count). The number of para-hydroxylation sites is 1. The number of likely N-dealkylation sites (tertiary alicyclic amines) is 3. The van der Waals surface area contributed by atoms with E-state index in [-0.39, 0.29) is 0 Å². The molecule has 10 unspecified atom stereocenters. The summed E-state index contributed by atoms with van der Waals surface area (Å²) < 4.78 is 0. The average molecular weight is 579 g/mol. The van der Waals surface area contributed by atoms with Gasteiger partial charge in [-0.3, -0.25) is 0 Å². The highest BCUT2D eigenvalue weighted by Gasteiger charge is 2.40. The lowest BCUT2D eigenvalue weighted by Crippen LogP contribution is -2.34. The van der Waals surface area contributed by atoms with Crippen molar-refractivity contribution in [3.63, 3.8) is 0 Å². The van der Waals surface area contributed by atoms with Gasteiger partial charge in [-0.25, -0.2) is 0 Å². The maximum Gasteiger partial charge on any atom is 0.0399 e. The van der Waals surface area contributed by atoms with E-state index in [1.165, 1.54) is 101 Å². The largest absolute Gasteiger partial charge is 0.371 e. The standard InChI is InChI=1S/C10H19N.C10H13N.2C9H17N/c2*1-8-7-9-5-3-4-6-10(9)11(8)2;1-7-9-5-3-4-8(9)6-10(7)2;1-7-6-8-4-3-5-9(8)10(7)2/h8-10H,3-7H2,1-2H3;3-6,8H,7H2,1-2H3;2*7-9H,3-6H2,1-2H3. The van der Waals surface area contributed by atoms with Gasteiger partial charge < -0.3 is 19.6 Å². The quantitative estimate of drug-likeness (QED) is 0.310. The van der Waals surface area contributed by atoms with Crippen LogP contribution in [0.2, 0.25) is 0 Å². The first-order chi connectivity index (χ1) is 20.2. The summed E-state index contributed by atoms with van der Waals surface area (Å²) in [7, 11) is 9.03. The number of hydrogen-bond donors (Lipinski definition) is 0. The van der Waals surface area contributed by atoms with Gasteiger partial charge >= 0.3 is 0 Å². The van der Waals surface area contributed by atoms with E-state index in [4.69, 9.17) is 0 Å². The predicted molar refractivity (Wildman–Crippen MR) is 181 cm³/mol. The SMILES string of the molecule is CC1C2CCCC2CN1C.CC1CC2CCCC2N1C.CC1CC2CCCCC2N1C.CC1Cc2ccccc2N1C. The molecule has 3 aliphatic carbocycles. The molecule has 4 aliphatic heterocycles. The lowest BCUT2D eigenvalue weighted by molar-refractivity contribution is 0.192. The molecule has 7 aliphatic rings. The Morgan fingerprint density at radius 2 is 1.14 bits per heavy atom. The molecule has 1 aromatic rings. The van der Waals surface area contributed by atoms with Gasteiger partial charge in [0, 0.05) is 55.5 Å².